The number of benzene rings is 1. The average Bonchev–Trinajstić information content (AvgIpc) is 2.47. The van der Waals surface area contributed by atoms with Crippen molar-refractivity contribution >= 4 is 5.91 Å². The normalized spacial score (nSPS) is 23.7. The molecule has 0 aromatic heterocycles. The highest BCUT2D eigenvalue weighted by Gasteiger charge is 2.29. The van der Waals surface area contributed by atoms with Gasteiger partial charge in [0.25, 0.3) is 0 Å². The highest BCUT2D eigenvalue weighted by Crippen LogP contribution is 2.23. The van der Waals surface area contributed by atoms with Crippen molar-refractivity contribution in [1.29, 1.82) is 0 Å². The highest BCUT2D eigenvalue weighted by molar-refractivity contribution is 5.82. The van der Waals surface area contributed by atoms with Gasteiger partial charge in [0, 0.05) is 7.05 Å². The van der Waals surface area contributed by atoms with Gasteiger partial charge in [0.15, 0.2) is 11.6 Å². The van der Waals surface area contributed by atoms with Crippen LogP contribution in [0.25, 0.3) is 0 Å². The molecule has 1 aromatic rings. The summed E-state index contributed by atoms with van der Waals surface area (Å²) in [6, 6.07) is 3.28. The lowest BCUT2D eigenvalue weighted by molar-refractivity contribution is -0.135. The quantitative estimate of drug-likeness (QED) is 0.930. The maximum atomic E-state index is 13.3. The Labute approximate surface area is 124 Å². The molecule has 21 heavy (non-hydrogen) atoms. The summed E-state index contributed by atoms with van der Waals surface area (Å²) in [5.74, 6) is -1.24. The predicted octanol–water partition coefficient (Wildman–Crippen LogP) is 2.87. The second kappa shape index (κ2) is 6.52. The molecule has 3 unspecified atom stereocenters. The van der Waals surface area contributed by atoms with Gasteiger partial charge in [0.2, 0.25) is 5.91 Å². The van der Waals surface area contributed by atoms with Gasteiger partial charge in [0.1, 0.15) is 0 Å². The van der Waals surface area contributed by atoms with E-state index in [9.17, 15) is 13.6 Å². The summed E-state index contributed by atoms with van der Waals surface area (Å²) in [6.07, 6.45) is 1.89. The van der Waals surface area contributed by atoms with Crippen molar-refractivity contribution in [1.82, 2.24) is 10.2 Å². The molecular weight excluding hydrogens is 274 g/mol. The van der Waals surface area contributed by atoms with Gasteiger partial charge < -0.3 is 10.2 Å². The van der Waals surface area contributed by atoms with Crippen LogP contribution in [0, 0.1) is 17.6 Å². The number of amides is 1. The summed E-state index contributed by atoms with van der Waals surface area (Å²) in [4.78, 5) is 14.1. The van der Waals surface area contributed by atoms with Crippen molar-refractivity contribution in [2.45, 2.75) is 38.8 Å². The number of hydrogen-bond acceptors (Lipinski definition) is 2. The number of halogens is 2. The van der Waals surface area contributed by atoms with Gasteiger partial charge >= 0.3 is 0 Å². The van der Waals surface area contributed by atoms with E-state index in [2.05, 4.69) is 12.2 Å². The molecule has 1 N–H and O–H groups in total. The molecule has 3 nitrogen and oxygen atoms in total. The Morgan fingerprint density at radius 3 is 2.71 bits per heavy atom. The van der Waals surface area contributed by atoms with Crippen LogP contribution in [0.2, 0.25) is 0 Å². The Hall–Kier alpha value is -1.49. The molecule has 116 valence electrons. The number of nitrogens with zero attached hydrogens (tertiary/aromatic N) is 1. The lowest BCUT2D eigenvalue weighted by Gasteiger charge is -2.33. The fourth-order valence-electron chi connectivity index (χ4n) is 2.73. The third-order valence-electron chi connectivity index (χ3n) is 4.32. The van der Waals surface area contributed by atoms with Crippen LogP contribution in [-0.4, -0.2) is 30.4 Å². The number of nitrogens with one attached hydrogen (secondary N) is 1. The molecule has 1 saturated heterocycles. The number of likely N-dealkylation sites (N-methyl/N-ethyl adjacent to an activating group) is 1. The number of hydrogen-bond donors (Lipinski definition) is 1. The van der Waals surface area contributed by atoms with Crippen LogP contribution in [0.5, 0.6) is 0 Å². The van der Waals surface area contributed by atoms with Gasteiger partial charge in [-0.25, -0.2) is 8.78 Å². The van der Waals surface area contributed by atoms with Crippen LogP contribution >= 0.6 is 0 Å². The minimum atomic E-state index is -0.885. The standard InChI is InChI=1S/C16H22F2N2O/c1-10-6-7-19-15(8-10)16(21)20(3)11(2)12-4-5-13(17)14(18)9-12/h4-5,9-11,15,19H,6-8H2,1-3H3. The molecule has 1 fully saturated rings. The van der Waals surface area contributed by atoms with Crippen molar-refractivity contribution in [3.05, 3.63) is 35.4 Å². The number of piperidine rings is 1. The topological polar surface area (TPSA) is 32.3 Å². The molecule has 0 bridgehead atoms. The van der Waals surface area contributed by atoms with Gasteiger partial charge in [-0.15, -0.1) is 0 Å². The largest absolute Gasteiger partial charge is 0.338 e. The van der Waals surface area contributed by atoms with Gasteiger partial charge in [-0.3, -0.25) is 4.79 Å². The SMILES string of the molecule is CC1CCNC(C(=O)N(C)C(C)c2ccc(F)c(F)c2)C1. The first-order chi connectivity index (χ1) is 9.90. The average molecular weight is 296 g/mol. The van der Waals surface area contributed by atoms with Crippen molar-refractivity contribution in [3.8, 4) is 0 Å². The smallest absolute Gasteiger partial charge is 0.239 e. The van der Waals surface area contributed by atoms with E-state index in [4.69, 9.17) is 0 Å². The van der Waals surface area contributed by atoms with Gasteiger partial charge in [-0.1, -0.05) is 13.0 Å². The molecule has 0 radical (unpaired) electrons. The molecule has 5 heteroatoms. The van der Waals surface area contributed by atoms with Crippen LogP contribution in [0.15, 0.2) is 18.2 Å². The second-order valence-corrected chi connectivity index (χ2v) is 5.93. The van der Waals surface area contributed by atoms with Crippen LogP contribution in [0.4, 0.5) is 8.78 Å². The van der Waals surface area contributed by atoms with E-state index in [0.29, 0.717) is 11.5 Å². The van der Waals surface area contributed by atoms with E-state index in [1.54, 1.807) is 11.9 Å². The first kappa shape index (κ1) is 15.9. The third-order valence-corrected chi connectivity index (χ3v) is 4.32. The van der Waals surface area contributed by atoms with Gasteiger partial charge in [-0.05, 0) is 49.9 Å². The molecule has 0 aliphatic carbocycles. The van der Waals surface area contributed by atoms with Crippen molar-refractivity contribution in [3.63, 3.8) is 0 Å². The molecule has 1 aromatic carbocycles. The maximum absolute atomic E-state index is 13.3. The Kier molecular flexibility index (Phi) is 4.93. The molecule has 0 spiro atoms. The van der Waals surface area contributed by atoms with Crippen LogP contribution in [0.3, 0.4) is 0 Å². The number of carbonyl (C=O) groups is 1. The number of rotatable bonds is 3. The van der Waals surface area contributed by atoms with E-state index in [1.807, 2.05) is 6.92 Å². The molecule has 1 aliphatic rings. The van der Waals surface area contributed by atoms with Crippen molar-refractivity contribution in [2.24, 2.45) is 5.92 Å². The zero-order valence-electron chi connectivity index (χ0n) is 12.7. The Morgan fingerprint density at radius 1 is 1.38 bits per heavy atom. The lowest BCUT2D eigenvalue weighted by atomic mass is 9.93. The molecule has 0 saturated carbocycles. The fourth-order valence-corrected chi connectivity index (χ4v) is 2.73. The summed E-state index contributed by atoms with van der Waals surface area (Å²) in [6.45, 7) is 4.79. The molecule has 1 amide bonds. The van der Waals surface area contributed by atoms with E-state index in [0.717, 1.165) is 31.5 Å². The van der Waals surface area contributed by atoms with Crippen LogP contribution in [-0.2, 0) is 4.79 Å². The molecule has 2 rings (SSSR count). The minimum absolute atomic E-state index is 0.00113. The highest BCUT2D eigenvalue weighted by atomic mass is 19.2. The Morgan fingerprint density at radius 2 is 2.10 bits per heavy atom. The minimum Gasteiger partial charge on any atom is -0.338 e. The summed E-state index contributed by atoms with van der Waals surface area (Å²) >= 11 is 0. The van der Waals surface area contributed by atoms with Crippen LogP contribution < -0.4 is 5.32 Å². The van der Waals surface area contributed by atoms with E-state index in [1.165, 1.54) is 6.07 Å². The molecule has 3 atom stereocenters. The second-order valence-electron chi connectivity index (χ2n) is 5.93. The zero-order valence-corrected chi connectivity index (χ0v) is 12.7. The number of carbonyl (C=O) groups excluding carboxylic acids is 1. The molecular formula is C16H22F2N2O. The van der Waals surface area contributed by atoms with E-state index >= 15 is 0 Å². The Bertz CT molecular complexity index is 521. The van der Waals surface area contributed by atoms with Gasteiger partial charge in [-0.2, -0.15) is 0 Å². The van der Waals surface area contributed by atoms with Crippen molar-refractivity contribution < 1.29 is 13.6 Å². The summed E-state index contributed by atoms with van der Waals surface area (Å²) in [5.41, 5.74) is 0.591. The molecule has 1 heterocycles. The van der Waals surface area contributed by atoms with E-state index in [-0.39, 0.29) is 18.0 Å². The van der Waals surface area contributed by atoms with Gasteiger partial charge in [0.05, 0.1) is 12.1 Å². The summed E-state index contributed by atoms with van der Waals surface area (Å²) < 4.78 is 26.3. The van der Waals surface area contributed by atoms with E-state index < -0.39 is 11.6 Å². The monoisotopic (exact) mass is 296 g/mol. The van der Waals surface area contributed by atoms with Crippen LogP contribution in [0.1, 0.15) is 38.3 Å². The third kappa shape index (κ3) is 3.59. The fraction of sp³-hybridized carbons (Fsp3) is 0.562. The maximum Gasteiger partial charge on any atom is 0.239 e. The predicted molar refractivity (Wildman–Crippen MR) is 77.7 cm³/mol. The molecule has 1 aliphatic heterocycles. The first-order valence-corrected chi connectivity index (χ1v) is 7.35. The van der Waals surface area contributed by atoms with Crippen molar-refractivity contribution in [2.75, 3.05) is 13.6 Å². The Balaban J connectivity index is 2.08. The summed E-state index contributed by atoms with van der Waals surface area (Å²) in [7, 11) is 1.70. The summed E-state index contributed by atoms with van der Waals surface area (Å²) in [5, 5.41) is 3.23. The first-order valence-electron chi connectivity index (χ1n) is 7.35. The zero-order chi connectivity index (χ0) is 15.6. The lowest BCUT2D eigenvalue weighted by Crippen LogP contribution is -2.49.